The van der Waals surface area contributed by atoms with E-state index in [4.69, 9.17) is 4.42 Å². The van der Waals surface area contributed by atoms with Crippen molar-refractivity contribution in [2.75, 3.05) is 13.2 Å². The van der Waals surface area contributed by atoms with Crippen LogP contribution in [0, 0.1) is 5.82 Å². The zero-order chi connectivity index (χ0) is 18.4. The van der Waals surface area contributed by atoms with Crippen LogP contribution >= 0.6 is 15.9 Å². The molecule has 2 heterocycles. The van der Waals surface area contributed by atoms with Gasteiger partial charge in [-0.2, -0.15) is 0 Å². The summed E-state index contributed by atoms with van der Waals surface area (Å²) in [4.78, 5) is 27.3. The zero-order valence-electron chi connectivity index (χ0n) is 13.4. The third-order valence-electron chi connectivity index (χ3n) is 4.43. The number of carbonyl (C=O) groups excluding carboxylic acids is 1. The largest absolute Gasteiger partial charge is 0.450 e. The van der Waals surface area contributed by atoms with Crippen molar-refractivity contribution in [1.29, 1.82) is 0 Å². The standard InChI is InChI=1S/C19H13BrFNO4/c20-11-3-1-2-10(8-11)16-15-17(24)13-9-12(21)4-5-14(13)26-18(15)19(25)22(16)6-7-23/h1-5,8-9,16,23H,6-7H2. The van der Waals surface area contributed by atoms with E-state index in [2.05, 4.69) is 15.9 Å². The number of fused-ring (bicyclic) bond motifs is 2. The average Bonchev–Trinajstić information content (AvgIpc) is 2.89. The van der Waals surface area contributed by atoms with Crippen LogP contribution in [-0.2, 0) is 0 Å². The zero-order valence-corrected chi connectivity index (χ0v) is 15.0. The molecule has 0 aliphatic carbocycles. The summed E-state index contributed by atoms with van der Waals surface area (Å²) in [5.74, 6) is -1.09. The number of aliphatic hydroxyl groups excluding tert-OH is 1. The van der Waals surface area contributed by atoms with Crippen molar-refractivity contribution in [2.24, 2.45) is 0 Å². The minimum absolute atomic E-state index is 0.0460. The number of benzene rings is 2. The number of nitrogens with zero attached hydrogens (tertiary/aromatic N) is 1. The lowest BCUT2D eigenvalue weighted by Crippen LogP contribution is -2.32. The fourth-order valence-electron chi connectivity index (χ4n) is 3.35. The summed E-state index contributed by atoms with van der Waals surface area (Å²) < 4.78 is 20.1. The Hall–Kier alpha value is -2.51. The van der Waals surface area contributed by atoms with Gasteiger partial charge >= 0.3 is 0 Å². The topological polar surface area (TPSA) is 70.8 Å². The van der Waals surface area contributed by atoms with Gasteiger partial charge in [0.1, 0.15) is 11.4 Å². The minimum Gasteiger partial charge on any atom is -0.450 e. The lowest BCUT2D eigenvalue weighted by molar-refractivity contribution is 0.0691. The number of rotatable bonds is 3. The molecule has 1 aliphatic heterocycles. The van der Waals surface area contributed by atoms with Gasteiger partial charge in [-0.25, -0.2) is 4.39 Å². The van der Waals surface area contributed by atoms with Crippen molar-refractivity contribution in [2.45, 2.75) is 6.04 Å². The molecule has 0 saturated carbocycles. The molecule has 0 fully saturated rings. The molecule has 7 heteroatoms. The SMILES string of the molecule is O=C1c2oc3ccc(F)cc3c(=O)c2C(c2cccc(Br)c2)N1CCO. The summed E-state index contributed by atoms with van der Waals surface area (Å²) in [5.41, 5.74) is 0.574. The van der Waals surface area contributed by atoms with Gasteiger partial charge in [-0.15, -0.1) is 0 Å². The van der Waals surface area contributed by atoms with Gasteiger partial charge in [-0.05, 0) is 35.9 Å². The smallest absolute Gasteiger partial charge is 0.290 e. The Morgan fingerprint density at radius 2 is 2.00 bits per heavy atom. The van der Waals surface area contributed by atoms with E-state index in [0.717, 1.165) is 10.5 Å². The summed E-state index contributed by atoms with van der Waals surface area (Å²) in [6.07, 6.45) is 0. The molecular formula is C19H13BrFNO4. The first-order valence-corrected chi connectivity index (χ1v) is 8.74. The van der Waals surface area contributed by atoms with Crippen LogP contribution in [0.5, 0.6) is 0 Å². The molecule has 0 saturated heterocycles. The Balaban J connectivity index is 2.03. The van der Waals surface area contributed by atoms with Gasteiger partial charge in [-0.1, -0.05) is 28.1 Å². The molecule has 1 amide bonds. The van der Waals surface area contributed by atoms with Gasteiger partial charge < -0.3 is 14.4 Å². The minimum atomic E-state index is -0.703. The van der Waals surface area contributed by atoms with E-state index < -0.39 is 23.2 Å². The molecule has 1 atom stereocenters. The highest BCUT2D eigenvalue weighted by Gasteiger charge is 2.42. The van der Waals surface area contributed by atoms with Crippen LogP contribution in [0.15, 0.2) is 56.1 Å². The van der Waals surface area contributed by atoms with Crippen LogP contribution in [0.25, 0.3) is 11.0 Å². The third-order valence-corrected chi connectivity index (χ3v) is 4.93. The molecule has 0 radical (unpaired) electrons. The second-order valence-electron chi connectivity index (χ2n) is 5.99. The molecule has 1 unspecified atom stereocenters. The van der Waals surface area contributed by atoms with Gasteiger partial charge in [-0.3, -0.25) is 9.59 Å². The highest BCUT2D eigenvalue weighted by Crippen LogP contribution is 2.38. The third kappa shape index (κ3) is 2.55. The Labute approximate surface area is 155 Å². The van der Waals surface area contributed by atoms with Crippen molar-refractivity contribution in [3.8, 4) is 0 Å². The van der Waals surface area contributed by atoms with Crippen LogP contribution in [0.3, 0.4) is 0 Å². The second-order valence-corrected chi connectivity index (χ2v) is 6.91. The molecule has 3 aromatic rings. The van der Waals surface area contributed by atoms with E-state index in [-0.39, 0.29) is 35.4 Å². The van der Waals surface area contributed by atoms with Crippen molar-refractivity contribution >= 4 is 32.8 Å². The van der Waals surface area contributed by atoms with Crippen LogP contribution < -0.4 is 5.43 Å². The van der Waals surface area contributed by atoms with E-state index in [9.17, 15) is 19.1 Å². The van der Waals surface area contributed by atoms with Crippen LogP contribution in [0.1, 0.15) is 27.7 Å². The monoisotopic (exact) mass is 417 g/mol. The maximum atomic E-state index is 13.6. The number of hydrogen-bond donors (Lipinski definition) is 1. The number of carbonyl (C=O) groups is 1. The Kier molecular flexibility index (Phi) is 4.13. The van der Waals surface area contributed by atoms with E-state index in [1.165, 1.54) is 17.0 Å². The summed E-state index contributed by atoms with van der Waals surface area (Å²) in [7, 11) is 0. The summed E-state index contributed by atoms with van der Waals surface area (Å²) in [6.45, 7) is -0.211. The van der Waals surface area contributed by atoms with E-state index in [1.807, 2.05) is 6.07 Å². The predicted molar refractivity (Wildman–Crippen MR) is 96.5 cm³/mol. The van der Waals surface area contributed by atoms with Crippen LogP contribution in [-0.4, -0.2) is 29.1 Å². The number of amides is 1. The van der Waals surface area contributed by atoms with Crippen LogP contribution in [0.2, 0.25) is 0 Å². The lowest BCUT2D eigenvalue weighted by Gasteiger charge is -2.24. The molecule has 1 N–H and O–H groups in total. The fraction of sp³-hybridized carbons (Fsp3) is 0.158. The normalized spacial score (nSPS) is 16.3. The lowest BCUT2D eigenvalue weighted by atomic mass is 9.98. The molecule has 26 heavy (non-hydrogen) atoms. The number of halogens is 2. The van der Waals surface area contributed by atoms with Gasteiger partial charge in [0, 0.05) is 11.0 Å². The fourth-order valence-corrected chi connectivity index (χ4v) is 3.77. The Bertz CT molecular complexity index is 1090. The van der Waals surface area contributed by atoms with Crippen molar-refractivity contribution < 1.29 is 18.7 Å². The average molecular weight is 418 g/mol. The molecule has 4 rings (SSSR count). The molecule has 132 valence electrons. The van der Waals surface area contributed by atoms with E-state index in [1.54, 1.807) is 18.2 Å². The summed E-state index contributed by atoms with van der Waals surface area (Å²) in [5, 5.41) is 9.46. The molecule has 0 spiro atoms. The Morgan fingerprint density at radius 1 is 1.19 bits per heavy atom. The number of β-amino-alcohol motifs (C(OH)–C–C–N with tert-alkyl or cyclic N) is 1. The quantitative estimate of drug-likeness (QED) is 0.709. The molecule has 1 aromatic heterocycles. The maximum absolute atomic E-state index is 13.6. The second kappa shape index (κ2) is 6.34. The number of aliphatic hydroxyl groups is 1. The van der Waals surface area contributed by atoms with Crippen molar-refractivity contribution in [1.82, 2.24) is 4.90 Å². The summed E-state index contributed by atoms with van der Waals surface area (Å²) in [6, 6.07) is 10.1. The van der Waals surface area contributed by atoms with Gasteiger partial charge in [0.25, 0.3) is 5.91 Å². The molecule has 1 aliphatic rings. The van der Waals surface area contributed by atoms with E-state index >= 15 is 0 Å². The van der Waals surface area contributed by atoms with Gasteiger partial charge in [0.2, 0.25) is 5.76 Å². The van der Waals surface area contributed by atoms with Gasteiger partial charge in [0.05, 0.1) is 23.6 Å². The molecule has 2 aromatic carbocycles. The molecule has 0 bridgehead atoms. The molecule has 5 nitrogen and oxygen atoms in total. The first kappa shape index (κ1) is 16.9. The van der Waals surface area contributed by atoms with E-state index in [0.29, 0.717) is 5.56 Å². The van der Waals surface area contributed by atoms with Gasteiger partial charge in [0.15, 0.2) is 5.43 Å². The highest BCUT2D eigenvalue weighted by atomic mass is 79.9. The summed E-state index contributed by atoms with van der Waals surface area (Å²) >= 11 is 3.39. The first-order chi connectivity index (χ1) is 12.5. The van der Waals surface area contributed by atoms with Crippen LogP contribution in [0.4, 0.5) is 4.39 Å². The predicted octanol–water partition coefficient (Wildman–Crippen LogP) is 3.23. The number of hydrogen-bond acceptors (Lipinski definition) is 4. The highest BCUT2D eigenvalue weighted by molar-refractivity contribution is 9.10. The van der Waals surface area contributed by atoms with Crippen molar-refractivity contribution in [3.05, 3.63) is 79.9 Å². The maximum Gasteiger partial charge on any atom is 0.290 e. The first-order valence-electron chi connectivity index (χ1n) is 7.95. The van der Waals surface area contributed by atoms with Crippen molar-refractivity contribution in [3.63, 3.8) is 0 Å². The Morgan fingerprint density at radius 3 is 2.73 bits per heavy atom. The molecular weight excluding hydrogens is 405 g/mol.